The molecule has 0 radical (unpaired) electrons. The topological polar surface area (TPSA) is 90.0 Å². The monoisotopic (exact) mass is 338 g/mol. The molecule has 0 unspecified atom stereocenters. The zero-order valence-corrected chi connectivity index (χ0v) is 14.5. The molecule has 3 rings (SSSR count). The maximum atomic E-state index is 12.4. The van der Waals surface area contributed by atoms with E-state index >= 15 is 0 Å². The quantitative estimate of drug-likeness (QED) is 0.870. The Morgan fingerprint density at radius 3 is 2.65 bits per heavy atom. The van der Waals surface area contributed by atoms with Gasteiger partial charge < -0.3 is 9.09 Å². The molecule has 7 nitrogen and oxygen atoms in total. The Kier molecular flexibility index (Phi) is 4.29. The van der Waals surface area contributed by atoms with Crippen molar-refractivity contribution in [3.8, 4) is 0 Å². The third-order valence-corrected chi connectivity index (χ3v) is 6.08. The maximum Gasteiger partial charge on any atom is 0.245 e. The number of nitrogens with one attached hydrogen (secondary N) is 1. The lowest BCUT2D eigenvalue weighted by Crippen LogP contribution is -2.28. The fraction of sp³-hybridized carbons (Fsp3) is 0.600. The largest absolute Gasteiger partial charge is 0.360 e. The van der Waals surface area contributed by atoms with Crippen LogP contribution < -0.4 is 4.72 Å². The molecule has 0 atom stereocenters. The van der Waals surface area contributed by atoms with E-state index in [2.05, 4.69) is 19.4 Å². The lowest BCUT2D eigenvalue weighted by Gasteiger charge is -2.29. The van der Waals surface area contributed by atoms with E-state index < -0.39 is 10.0 Å². The summed E-state index contributed by atoms with van der Waals surface area (Å²) in [7, 11) is -3.61. The van der Waals surface area contributed by atoms with Gasteiger partial charge in [0.15, 0.2) is 5.76 Å². The molecule has 1 saturated carbocycles. The third-order valence-electron chi connectivity index (χ3n) is 4.38. The van der Waals surface area contributed by atoms with Crippen molar-refractivity contribution in [1.82, 2.24) is 19.4 Å². The van der Waals surface area contributed by atoms with E-state index in [-0.39, 0.29) is 4.90 Å². The number of aryl methyl sites for hydroxylation is 3. The molecule has 0 spiro atoms. The van der Waals surface area contributed by atoms with Crippen LogP contribution in [0, 0.1) is 20.8 Å². The number of hydrogen-bond acceptors (Lipinski definition) is 5. The van der Waals surface area contributed by atoms with Crippen molar-refractivity contribution in [3.63, 3.8) is 0 Å². The van der Waals surface area contributed by atoms with E-state index in [9.17, 15) is 8.42 Å². The molecule has 23 heavy (non-hydrogen) atoms. The van der Waals surface area contributed by atoms with Crippen molar-refractivity contribution in [2.75, 3.05) is 6.54 Å². The van der Waals surface area contributed by atoms with E-state index in [1.807, 2.05) is 13.1 Å². The minimum absolute atomic E-state index is 0.135. The molecule has 1 fully saturated rings. The van der Waals surface area contributed by atoms with Crippen molar-refractivity contribution in [1.29, 1.82) is 0 Å². The molecule has 0 amide bonds. The van der Waals surface area contributed by atoms with E-state index in [1.165, 1.54) is 19.3 Å². The molecular formula is C15H22N4O3S. The van der Waals surface area contributed by atoms with Gasteiger partial charge in [-0.05, 0) is 40.0 Å². The van der Waals surface area contributed by atoms with Crippen LogP contribution in [-0.2, 0) is 16.4 Å². The molecule has 1 aliphatic carbocycles. The normalized spacial score (nSPS) is 15.8. The molecule has 1 aliphatic rings. The van der Waals surface area contributed by atoms with Gasteiger partial charge in [0.25, 0.3) is 0 Å². The van der Waals surface area contributed by atoms with E-state index in [4.69, 9.17) is 4.52 Å². The Morgan fingerprint density at radius 1 is 1.35 bits per heavy atom. The Hall–Kier alpha value is -1.67. The predicted molar refractivity (Wildman–Crippen MR) is 84.7 cm³/mol. The lowest BCUT2D eigenvalue weighted by atomic mass is 9.92. The Labute approximate surface area is 136 Å². The number of nitrogens with zero attached hydrogens (tertiary/aromatic N) is 3. The summed E-state index contributed by atoms with van der Waals surface area (Å²) in [5.74, 6) is 1.25. The number of aromatic nitrogens is 3. The molecule has 8 heteroatoms. The van der Waals surface area contributed by atoms with Gasteiger partial charge in [0.05, 0.1) is 0 Å². The van der Waals surface area contributed by atoms with Crippen LogP contribution in [0.3, 0.4) is 0 Å². The predicted octanol–water partition coefficient (Wildman–Crippen LogP) is 2.04. The van der Waals surface area contributed by atoms with Crippen LogP contribution in [0.2, 0.25) is 0 Å². The van der Waals surface area contributed by atoms with E-state index in [0.717, 1.165) is 11.5 Å². The number of rotatable bonds is 6. The summed E-state index contributed by atoms with van der Waals surface area (Å²) in [4.78, 5) is 4.57. The van der Waals surface area contributed by atoms with Gasteiger partial charge in [-0.15, -0.1) is 0 Å². The average molecular weight is 338 g/mol. The van der Waals surface area contributed by atoms with Crippen LogP contribution in [-0.4, -0.2) is 29.7 Å². The molecule has 0 aromatic carbocycles. The molecule has 2 heterocycles. The highest BCUT2D eigenvalue weighted by Gasteiger charge is 2.25. The van der Waals surface area contributed by atoms with Crippen LogP contribution in [0.5, 0.6) is 0 Å². The summed E-state index contributed by atoms with van der Waals surface area (Å²) in [6, 6.07) is 0.520. The van der Waals surface area contributed by atoms with Crippen molar-refractivity contribution < 1.29 is 12.9 Å². The first-order valence-electron chi connectivity index (χ1n) is 7.85. The molecule has 2 aromatic heterocycles. The van der Waals surface area contributed by atoms with Crippen molar-refractivity contribution in [3.05, 3.63) is 29.2 Å². The van der Waals surface area contributed by atoms with E-state index in [0.29, 0.717) is 30.5 Å². The summed E-state index contributed by atoms with van der Waals surface area (Å²) < 4.78 is 34.6. The Morgan fingerprint density at radius 2 is 2.09 bits per heavy atom. The third kappa shape index (κ3) is 3.05. The summed E-state index contributed by atoms with van der Waals surface area (Å²) in [6.07, 6.45) is 6.02. The number of imidazole rings is 1. The van der Waals surface area contributed by atoms with Crippen molar-refractivity contribution in [2.45, 2.75) is 57.4 Å². The Bertz CT molecular complexity index is 783. The van der Waals surface area contributed by atoms with Gasteiger partial charge in [0, 0.05) is 30.9 Å². The molecule has 0 saturated heterocycles. The second-order valence-corrected chi connectivity index (χ2v) is 7.78. The summed E-state index contributed by atoms with van der Waals surface area (Å²) in [5.41, 5.74) is 1.51. The van der Waals surface area contributed by atoms with Gasteiger partial charge in [0.1, 0.15) is 16.4 Å². The lowest BCUT2D eigenvalue weighted by molar-refractivity contribution is 0.302. The summed E-state index contributed by atoms with van der Waals surface area (Å²) in [6.45, 7) is 5.57. The number of sulfonamides is 1. The highest BCUT2D eigenvalue weighted by Crippen LogP contribution is 2.33. The van der Waals surface area contributed by atoms with Gasteiger partial charge in [0.2, 0.25) is 10.0 Å². The highest BCUT2D eigenvalue weighted by atomic mass is 32.2. The van der Waals surface area contributed by atoms with Crippen LogP contribution >= 0.6 is 0 Å². The SMILES string of the molecule is Cc1noc(C)c1S(=O)(=O)NCCc1ncc(C)n1C1CCC1. The van der Waals surface area contributed by atoms with Gasteiger partial charge >= 0.3 is 0 Å². The minimum Gasteiger partial charge on any atom is -0.360 e. The molecular weight excluding hydrogens is 316 g/mol. The fourth-order valence-electron chi connectivity index (χ4n) is 3.05. The molecule has 126 valence electrons. The maximum absolute atomic E-state index is 12.4. The van der Waals surface area contributed by atoms with Gasteiger partial charge in [-0.1, -0.05) is 5.16 Å². The van der Waals surface area contributed by atoms with Crippen LogP contribution in [0.15, 0.2) is 15.6 Å². The van der Waals surface area contributed by atoms with Gasteiger partial charge in [-0.25, -0.2) is 18.1 Å². The molecule has 2 aromatic rings. The first-order chi connectivity index (χ1) is 10.9. The Balaban J connectivity index is 1.68. The van der Waals surface area contributed by atoms with Crippen LogP contribution in [0.1, 0.15) is 48.3 Å². The second-order valence-electron chi connectivity index (χ2n) is 6.07. The number of hydrogen-bond donors (Lipinski definition) is 1. The van der Waals surface area contributed by atoms with Crippen LogP contribution in [0.25, 0.3) is 0 Å². The molecule has 0 aliphatic heterocycles. The first-order valence-corrected chi connectivity index (χ1v) is 9.33. The standard InChI is InChI=1S/C15H22N4O3S/c1-10-9-16-14(19(10)13-5-4-6-13)7-8-17-23(20,21)15-11(2)18-22-12(15)3/h9,13,17H,4-8H2,1-3H3. The highest BCUT2D eigenvalue weighted by molar-refractivity contribution is 7.89. The second kappa shape index (κ2) is 6.09. The zero-order valence-electron chi connectivity index (χ0n) is 13.7. The average Bonchev–Trinajstić information content (AvgIpc) is 2.93. The van der Waals surface area contributed by atoms with Crippen molar-refractivity contribution in [2.24, 2.45) is 0 Å². The first kappa shape index (κ1) is 16.2. The van der Waals surface area contributed by atoms with Gasteiger partial charge in [-0.2, -0.15) is 0 Å². The zero-order chi connectivity index (χ0) is 16.6. The summed E-state index contributed by atoms with van der Waals surface area (Å²) in [5, 5.41) is 3.70. The minimum atomic E-state index is -3.61. The fourth-order valence-corrected chi connectivity index (χ4v) is 4.41. The van der Waals surface area contributed by atoms with Crippen LogP contribution in [0.4, 0.5) is 0 Å². The molecule has 1 N–H and O–H groups in total. The summed E-state index contributed by atoms with van der Waals surface area (Å²) >= 11 is 0. The molecule has 0 bridgehead atoms. The van der Waals surface area contributed by atoms with Crippen molar-refractivity contribution >= 4 is 10.0 Å². The van der Waals surface area contributed by atoms with E-state index in [1.54, 1.807) is 13.8 Å². The smallest absolute Gasteiger partial charge is 0.245 e. The van der Waals surface area contributed by atoms with Gasteiger partial charge in [-0.3, -0.25) is 0 Å².